The topological polar surface area (TPSA) is 112 Å². The van der Waals surface area contributed by atoms with E-state index in [1.54, 1.807) is 19.3 Å². The monoisotopic (exact) mass is 485 g/mol. The molecule has 0 saturated carbocycles. The molecule has 0 saturated heterocycles. The van der Waals surface area contributed by atoms with Gasteiger partial charge in [-0.15, -0.1) is 21.5 Å². The van der Waals surface area contributed by atoms with E-state index in [0.29, 0.717) is 38.7 Å². The Morgan fingerprint density at radius 3 is 2.79 bits per heavy atom. The van der Waals surface area contributed by atoms with E-state index < -0.39 is 5.97 Å². The van der Waals surface area contributed by atoms with Crippen LogP contribution >= 0.6 is 23.1 Å². The van der Waals surface area contributed by atoms with E-state index >= 15 is 0 Å². The Balaban J connectivity index is 1.57. The highest BCUT2D eigenvalue weighted by Crippen LogP contribution is 2.38. The first-order valence-corrected chi connectivity index (χ1v) is 12.2. The first-order chi connectivity index (χ1) is 15.9. The van der Waals surface area contributed by atoms with Crippen molar-refractivity contribution in [3.05, 3.63) is 40.6 Å². The van der Waals surface area contributed by atoms with Crippen molar-refractivity contribution in [2.45, 2.75) is 39.4 Å². The predicted octanol–water partition coefficient (Wildman–Crippen LogP) is 4.69. The van der Waals surface area contributed by atoms with Gasteiger partial charge in [-0.05, 0) is 51.5 Å². The summed E-state index contributed by atoms with van der Waals surface area (Å²) in [6, 6.07) is 5.53. The van der Waals surface area contributed by atoms with Gasteiger partial charge in [0, 0.05) is 17.6 Å². The van der Waals surface area contributed by atoms with E-state index in [9.17, 15) is 9.59 Å². The van der Waals surface area contributed by atoms with Crippen LogP contribution in [0.25, 0.3) is 21.8 Å². The van der Waals surface area contributed by atoms with Gasteiger partial charge in [0.25, 0.3) is 0 Å². The molecule has 0 aromatic carbocycles. The van der Waals surface area contributed by atoms with E-state index in [0.717, 1.165) is 16.6 Å². The Morgan fingerprint density at radius 2 is 2.09 bits per heavy atom. The molecule has 4 rings (SSSR count). The highest BCUT2D eigenvalue weighted by molar-refractivity contribution is 7.99. The van der Waals surface area contributed by atoms with Crippen molar-refractivity contribution in [3.63, 3.8) is 0 Å². The molecule has 0 aliphatic carbocycles. The lowest BCUT2D eigenvalue weighted by atomic mass is 10.1. The van der Waals surface area contributed by atoms with Crippen LogP contribution in [0.15, 0.2) is 34.0 Å². The van der Waals surface area contributed by atoms with Crippen LogP contribution in [-0.4, -0.2) is 44.0 Å². The molecule has 0 spiro atoms. The molecule has 0 unspecified atom stereocenters. The van der Waals surface area contributed by atoms with Crippen LogP contribution in [0.2, 0.25) is 0 Å². The number of thiophene rings is 1. The zero-order chi connectivity index (χ0) is 23.5. The maximum Gasteiger partial charge on any atom is 0.350 e. The molecule has 4 aromatic heterocycles. The van der Waals surface area contributed by atoms with Gasteiger partial charge in [-0.3, -0.25) is 9.36 Å². The van der Waals surface area contributed by atoms with E-state index in [2.05, 4.69) is 20.5 Å². The van der Waals surface area contributed by atoms with Gasteiger partial charge in [0.05, 0.1) is 24.3 Å². The quantitative estimate of drug-likeness (QED) is 0.282. The smallest absolute Gasteiger partial charge is 0.350 e. The van der Waals surface area contributed by atoms with Gasteiger partial charge in [-0.25, -0.2) is 9.78 Å². The van der Waals surface area contributed by atoms with Crippen molar-refractivity contribution >= 4 is 50.9 Å². The number of furan rings is 1. The molecule has 1 N–H and O–H groups in total. The second-order valence-corrected chi connectivity index (χ2v) is 9.09. The number of nitrogens with one attached hydrogen (secondary N) is 1. The molecule has 0 aliphatic heterocycles. The van der Waals surface area contributed by atoms with Gasteiger partial charge >= 0.3 is 5.97 Å². The van der Waals surface area contributed by atoms with Crippen molar-refractivity contribution in [1.82, 2.24) is 19.7 Å². The molecule has 33 heavy (non-hydrogen) atoms. The van der Waals surface area contributed by atoms with Gasteiger partial charge in [0.2, 0.25) is 5.91 Å². The fraction of sp³-hybridized carbons (Fsp3) is 0.318. The minimum atomic E-state index is -0.477. The van der Waals surface area contributed by atoms with Crippen LogP contribution in [0.4, 0.5) is 5.69 Å². The number of hydrogen-bond acceptors (Lipinski definition) is 9. The zero-order valence-electron chi connectivity index (χ0n) is 18.7. The predicted molar refractivity (Wildman–Crippen MR) is 128 cm³/mol. The third-order valence-electron chi connectivity index (χ3n) is 4.82. The number of anilines is 1. The summed E-state index contributed by atoms with van der Waals surface area (Å²) in [5, 5.41) is 12.7. The summed E-state index contributed by atoms with van der Waals surface area (Å²) in [5.74, 6) is 0.567. The molecule has 0 atom stereocenters. The van der Waals surface area contributed by atoms with Gasteiger partial charge < -0.3 is 14.5 Å². The summed E-state index contributed by atoms with van der Waals surface area (Å²) >= 11 is 2.48. The molecular formula is C22H23N5O4S2. The molecule has 9 nitrogen and oxygen atoms in total. The number of fused-ring (bicyclic) bond motifs is 1. The number of amides is 1. The summed E-state index contributed by atoms with van der Waals surface area (Å²) in [6.07, 6.45) is 1.58. The summed E-state index contributed by atoms with van der Waals surface area (Å²) < 4.78 is 12.5. The van der Waals surface area contributed by atoms with Crippen molar-refractivity contribution < 1.29 is 18.7 Å². The highest BCUT2D eigenvalue weighted by Gasteiger charge is 2.24. The van der Waals surface area contributed by atoms with Crippen LogP contribution in [0.5, 0.6) is 0 Å². The number of thioether (sulfide) groups is 1. The molecule has 4 aromatic rings. The van der Waals surface area contributed by atoms with Gasteiger partial charge in [-0.1, -0.05) is 11.8 Å². The summed E-state index contributed by atoms with van der Waals surface area (Å²) in [6.45, 7) is 8.41. The zero-order valence-corrected chi connectivity index (χ0v) is 20.3. The molecule has 1 amide bonds. The summed E-state index contributed by atoms with van der Waals surface area (Å²) in [5.41, 5.74) is 2.22. The Bertz CT molecular complexity index is 1310. The lowest BCUT2D eigenvalue weighted by molar-refractivity contribution is -0.113. The van der Waals surface area contributed by atoms with E-state index in [1.165, 1.54) is 23.1 Å². The van der Waals surface area contributed by atoms with Gasteiger partial charge in [-0.2, -0.15) is 0 Å². The van der Waals surface area contributed by atoms with Crippen LogP contribution in [0, 0.1) is 13.8 Å². The van der Waals surface area contributed by atoms with E-state index in [4.69, 9.17) is 9.15 Å². The van der Waals surface area contributed by atoms with Crippen LogP contribution in [0.3, 0.4) is 0 Å². The second-order valence-electron chi connectivity index (χ2n) is 7.15. The van der Waals surface area contributed by atoms with Crippen molar-refractivity contribution in [2.75, 3.05) is 17.7 Å². The highest BCUT2D eigenvalue weighted by atomic mass is 32.2. The minimum Gasteiger partial charge on any atom is -0.462 e. The number of carbonyl (C=O) groups is 2. The molecule has 0 fully saturated rings. The number of esters is 1. The number of aromatic nitrogens is 4. The molecule has 172 valence electrons. The lowest BCUT2D eigenvalue weighted by Crippen LogP contribution is -2.17. The molecular weight excluding hydrogens is 462 g/mol. The number of pyridine rings is 1. The van der Waals surface area contributed by atoms with Crippen molar-refractivity contribution in [3.8, 4) is 11.6 Å². The molecule has 4 heterocycles. The summed E-state index contributed by atoms with van der Waals surface area (Å²) in [4.78, 5) is 31.0. The molecule has 11 heteroatoms. The number of ether oxygens (including phenoxy) is 1. The SMILES string of the molecule is CCOC(=O)c1sc2nc(C)cc(C)c2c1NC(=O)CSc1nnc(-c2ccco2)n1CC. The third-order valence-corrected chi connectivity index (χ3v) is 6.85. The number of hydrogen-bond donors (Lipinski definition) is 1. The van der Waals surface area contributed by atoms with Crippen molar-refractivity contribution in [1.29, 1.82) is 0 Å². The standard InChI is InChI=1S/C22H23N5O4S2/c1-5-27-19(14-8-7-9-31-14)25-26-22(27)32-11-15(28)24-17-16-12(3)10-13(4)23-20(16)33-18(17)21(29)30-6-2/h7-10H,5-6,11H2,1-4H3,(H,24,28). The van der Waals surface area contributed by atoms with E-state index in [-0.39, 0.29) is 18.3 Å². The van der Waals surface area contributed by atoms with Crippen LogP contribution < -0.4 is 5.32 Å². The normalized spacial score (nSPS) is 11.2. The second kappa shape index (κ2) is 9.75. The van der Waals surface area contributed by atoms with E-state index in [1.807, 2.05) is 37.5 Å². The molecule has 0 radical (unpaired) electrons. The fourth-order valence-corrected chi connectivity index (χ4v) is 5.42. The Hall–Kier alpha value is -3.18. The molecule has 0 bridgehead atoms. The van der Waals surface area contributed by atoms with Crippen molar-refractivity contribution in [2.24, 2.45) is 0 Å². The summed E-state index contributed by atoms with van der Waals surface area (Å²) in [7, 11) is 0. The number of nitrogens with zero attached hydrogens (tertiary/aromatic N) is 4. The minimum absolute atomic E-state index is 0.0915. The van der Waals surface area contributed by atoms with Gasteiger partial charge in [0.1, 0.15) is 9.71 Å². The van der Waals surface area contributed by atoms with Gasteiger partial charge in [0.15, 0.2) is 16.7 Å². The van der Waals surface area contributed by atoms with Crippen LogP contribution in [0.1, 0.15) is 34.8 Å². The first-order valence-electron chi connectivity index (χ1n) is 10.4. The Morgan fingerprint density at radius 1 is 1.27 bits per heavy atom. The number of carbonyl (C=O) groups excluding carboxylic acids is 2. The van der Waals surface area contributed by atoms with Crippen LogP contribution in [-0.2, 0) is 16.1 Å². The fourth-order valence-electron chi connectivity index (χ4n) is 3.48. The average Bonchev–Trinajstić information content (AvgIpc) is 3.50. The lowest BCUT2D eigenvalue weighted by Gasteiger charge is -2.09. The first kappa shape index (κ1) is 23.0. The number of rotatable bonds is 8. The maximum atomic E-state index is 12.9. The maximum absolute atomic E-state index is 12.9. The Kier molecular flexibility index (Phi) is 6.80. The third kappa shape index (κ3) is 4.64. The largest absolute Gasteiger partial charge is 0.462 e. The number of aryl methyl sites for hydroxylation is 2. The molecule has 0 aliphatic rings. The Labute approximate surface area is 198 Å². The average molecular weight is 486 g/mol.